The maximum atomic E-state index is 4.44. The molecule has 1 aliphatic carbocycles. The summed E-state index contributed by atoms with van der Waals surface area (Å²) in [7, 11) is 0. The molecule has 0 amide bonds. The predicted molar refractivity (Wildman–Crippen MR) is 94.1 cm³/mol. The molecule has 1 saturated carbocycles. The predicted octanol–water partition coefficient (Wildman–Crippen LogP) is 3.19. The van der Waals surface area contributed by atoms with Gasteiger partial charge in [0.05, 0.1) is 17.9 Å². The van der Waals surface area contributed by atoms with E-state index in [1.807, 2.05) is 9.36 Å². The quantitative estimate of drug-likeness (QED) is 0.738. The van der Waals surface area contributed by atoms with Gasteiger partial charge in [-0.3, -0.25) is 0 Å². The minimum absolute atomic E-state index is 0.581. The van der Waals surface area contributed by atoms with Crippen LogP contribution in [0, 0.1) is 0 Å². The van der Waals surface area contributed by atoms with Crippen molar-refractivity contribution in [2.45, 2.75) is 57.5 Å². The molecule has 0 N–H and O–H groups in total. The van der Waals surface area contributed by atoms with Gasteiger partial charge < -0.3 is 0 Å². The highest BCUT2D eigenvalue weighted by Gasteiger charge is 2.23. The standard InChI is InChI=1S/C19H22N6/c1-2-7-15(8-3-1)17-12-24(22-20-17)13-18-19-16-9-5-4-6-14(16)10-11-25(19)23-21-18/h4-6,9,12,15H,1-3,7-8,10-11,13H2. The Morgan fingerprint density at radius 2 is 1.88 bits per heavy atom. The summed E-state index contributed by atoms with van der Waals surface area (Å²) >= 11 is 0. The summed E-state index contributed by atoms with van der Waals surface area (Å²) in [4.78, 5) is 0. The van der Waals surface area contributed by atoms with E-state index in [2.05, 4.69) is 51.1 Å². The molecule has 0 radical (unpaired) electrons. The van der Waals surface area contributed by atoms with Crippen molar-refractivity contribution in [3.63, 3.8) is 0 Å². The van der Waals surface area contributed by atoms with Crippen LogP contribution in [0.2, 0.25) is 0 Å². The van der Waals surface area contributed by atoms with Gasteiger partial charge in [-0.1, -0.05) is 54.0 Å². The SMILES string of the molecule is c1ccc2c(c1)CCn1nnc(Cn3cc(C4CCCCC4)nn3)c1-2. The Labute approximate surface area is 146 Å². The second-order valence-corrected chi connectivity index (χ2v) is 7.19. The molecule has 6 heteroatoms. The fourth-order valence-corrected chi connectivity index (χ4v) is 4.23. The van der Waals surface area contributed by atoms with E-state index < -0.39 is 0 Å². The molecule has 1 aromatic carbocycles. The Bertz CT molecular complexity index is 887. The van der Waals surface area contributed by atoms with Gasteiger partial charge >= 0.3 is 0 Å². The molecule has 0 saturated heterocycles. The van der Waals surface area contributed by atoms with Crippen molar-refractivity contribution < 1.29 is 0 Å². The minimum atomic E-state index is 0.581. The van der Waals surface area contributed by atoms with Crippen LogP contribution in [0.3, 0.4) is 0 Å². The first-order valence-corrected chi connectivity index (χ1v) is 9.29. The highest BCUT2D eigenvalue weighted by molar-refractivity contribution is 5.67. The molecule has 1 aliphatic heterocycles. The number of benzene rings is 1. The molecule has 2 aliphatic rings. The highest BCUT2D eigenvalue weighted by atomic mass is 15.5. The summed E-state index contributed by atoms with van der Waals surface area (Å²) in [5.74, 6) is 0.581. The van der Waals surface area contributed by atoms with Gasteiger partial charge in [-0.2, -0.15) is 0 Å². The van der Waals surface area contributed by atoms with E-state index >= 15 is 0 Å². The summed E-state index contributed by atoms with van der Waals surface area (Å²) in [6.45, 7) is 1.52. The lowest BCUT2D eigenvalue weighted by atomic mass is 9.87. The Morgan fingerprint density at radius 3 is 2.80 bits per heavy atom. The van der Waals surface area contributed by atoms with Crippen LogP contribution in [0.5, 0.6) is 0 Å². The second kappa shape index (κ2) is 6.10. The Kier molecular flexibility index (Phi) is 3.61. The van der Waals surface area contributed by atoms with Crippen LogP contribution in [0.15, 0.2) is 30.5 Å². The molecule has 5 rings (SSSR count). The molecule has 3 aromatic rings. The second-order valence-electron chi connectivity index (χ2n) is 7.19. The number of fused-ring (bicyclic) bond motifs is 3. The molecule has 1 fully saturated rings. The van der Waals surface area contributed by atoms with Gasteiger partial charge in [0.15, 0.2) is 0 Å². The van der Waals surface area contributed by atoms with E-state index in [4.69, 9.17) is 0 Å². The van der Waals surface area contributed by atoms with Crippen LogP contribution in [0.1, 0.15) is 55.0 Å². The molecule has 128 valence electrons. The van der Waals surface area contributed by atoms with E-state index in [-0.39, 0.29) is 0 Å². The molecule has 0 spiro atoms. The zero-order valence-corrected chi connectivity index (χ0v) is 14.3. The largest absolute Gasteiger partial charge is 0.246 e. The molecule has 0 bridgehead atoms. The normalized spacial score (nSPS) is 17.3. The minimum Gasteiger partial charge on any atom is -0.246 e. The third-order valence-electron chi connectivity index (χ3n) is 5.56. The molecule has 3 heterocycles. The molecule has 2 aromatic heterocycles. The highest BCUT2D eigenvalue weighted by Crippen LogP contribution is 2.32. The molecule has 25 heavy (non-hydrogen) atoms. The van der Waals surface area contributed by atoms with Crippen molar-refractivity contribution in [1.29, 1.82) is 0 Å². The van der Waals surface area contributed by atoms with Gasteiger partial charge in [0.1, 0.15) is 5.69 Å². The van der Waals surface area contributed by atoms with Crippen molar-refractivity contribution in [2.24, 2.45) is 0 Å². The molecule has 0 atom stereocenters. The fourth-order valence-electron chi connectivity index (χ4n) is 4.23. The molecular formula is C19H22N6. The third kappa shape index (κ3) is 2.65. The van der Waals surface area contributed by atoms with Crippen molar-refractivity contribution in [1.82, 2.24) is 30.0 Å². The molecule has 0 unspecified atom stereocenters. The van der Waals surface area contributed by atoms with E-state index in [9.17, 15) is 0 Å². The number of hydrogen-bond acceptors (Lipinski definition) is 4. The van der Waals surface area contributed by atoms with Crippen LogP contribution in [0.25, 0.3) is 11.3 Å². The van der Waals surface area contributed by atoms with Crippen molar-refractivity contribution in [3.8, 4) is 11.3 Å². The zero-order valence-electron chi connectivity index (χ0n) is 14.3. The first-order valence-electron chi connectivity index (χ1n) is 9.29. The average Bonchev–Trinajstić information content (AvgIpc) is 3.30. The monoisotopic (exact) mass is 334 g/mol. The van der Waals surface area contributed by atoms with Crippen molar-refractivity contribution in [2.75, 3.05) is 0 Å². The van der Waals surface area contributed by atoms with Crippen LogP contribution in [-0.4, -0.2) is 30.0 Å². The number of nitrogens with zero attached hydrogens (tertiary/aromatic N) is 6. The van der Waals surface area contributed by atoms with E-state index in [0.717, 1.165) is 30.0 Å². The maximum absolute atomic E-state index is 4.44. The number of rotatable bonds is 3. The summed E-state index contributed by atoms with van der Waals surface area (Å²) in [6.07, 6.45) is 9.59. The first kappa shape index (κ1) is 14.8. The van der Waals surface area contributed by atoms with Crippen LogP contribution < -0.4 is 0 Å². The first-order chi connectivity index (χ1) is 12.4. The summed E-state index contributed by atoms with van der Waals surface area (Å²) in [5.41, 5.74) is 5.88. The van der Waals surface area contributed by atoms with Gasteiger partial charge in [0.25, 0.3) is 0 Å². The number of hydrogen-bond donors (Lipinski definition) is 0. The average molecular weight is 334 g/mol. The number of aromatic nitrogens is 6. The zero-order chi connectivity index (χ0) is 16.6. The van der Waals surface area contributed by atoms with Crippen LogP contribution >= 0.6 is 0 Å². The van der Waals surface area contributed by atoms with Gasteiger partial charge in [-0.25, -0.2) is 9.36 Å². The van der Waals surface area contributed by atoms with E-state index in [1.165, 1.54) is 43.2 Å². The summed E-state index contributed by atoms with van der Waals surface area (Å²) < 4.78 is 3.95. The van der Waals surface area contributed by atoms with E-state index in [0.29, 0.717) is 12.5 Å². The lowest BCUT2D eigenvalue weighted by molar-refractivity contribution is 0.436. The topological polar surface area (TPSA) is 61.4 Å². The Balaban J connectivity index is 1.43. The van der Waals surface area contributed by atoms with Gasteiger partial charge in [0, 0.05) is 24.2 Å². The summed E-state index contributed by atoms with van der Waals surface area (Å²) in [5, 5.41) is 17.6. The molecule has 6 nitrogen and oxygen atoms in total. The van der Waals surface area contributed by atoms with E-state index in [1.54, 1.807) is 0 Å². The molecular weight excluding hydrogens is 312 g/mol. The van der Waals surface area contributed by atoms with Gasteiger partial charge in [-0.05, 0) is 24.8 Å². The summed E-state index contributed by atoms with van der Waals surface area (Å²) in [6, 6.07) is 8.56. The van der Waals surface area contributed by atoms with Crippen LogP contribution in [-0.2, 0) is 19.5 Å². The fraction of sp³-hybridized carbons (Fsp3) is 0.474. The van der Waals surface area contributed by atoms with Crippen molar-refractivity contribution >= 4 is 0 Å². The number of aryl methyl sites for hydroxylation is 2. The Morgan fingerprint density at radius 1 is 1.00 bits per heavy atom. The van der Waals surface area contributed by atoms with Crippen LogP contribution in [0.4, 0.5) is 0 Å². The van der Waals surface area contributed by atoms with Gasteiger partial charge in [-0.15, -0.1) is 10.2 Å². The van der Waals surface area contributed by atoms with Crippen molar-refractivity contribution in [3.05, 3.63) is 47.4 Å². The Hall–Kier alpha value is -2.50. The van der Waals surface area contributed by atoms with Gasteiger partial charge in [0.2, 0.25) is 0 Å². The smallest absolute Gasteiger partial charge is 0.112 e. The lowest BCUT2D eigenvalue weighted by Gasteiger charge is -2.18. The lowest BCUT2D eigenvalue weighted by Crippen LogP contribution is -2.13. The third-order valence-corrected chi connectivity index (χ3v) is 5.56. The maximum Gasteiger partial charge on any atom is 0.112 e.